The summed E-state index contributed by atoms with van der Waals surface area (Å²) >= 11 is 5.91. The first-order valence-electron chi connectivity index (χ1n) is 10.1. The van der Waals surface area contributed by atoms with E-state index in [0.29, 0.717) is 23.1 Å². The minimum atomic E-state index is -4.80. The molecule has 5 nitrogen and oxygen atoms in total. The smallest absolute Gasteiger partial charge is 0.338 e. The number of carbonyl (C=O) groups is 2. The molecule has 0 N–H and O–H groups in total. The molecule has 32 heavy (non-hydrogen) atoms. The van der Waals surface area contributed by atoms with E-state index in [4.69, 9.17) is 11.6 Å². The lowest BCUT2D eigenvalue weighted by molar-refractivity contribution is -0.143. The van der Waals surface area contributed by atoms with Crippen LogP contribution in [0.5, 0.6) is 0 Å². The number of piperidine rings is 1. The van der Waals surface area contributed by atoms with Gasteiger partial charge in [-0.25, -0.2) is 4.68 Å². The molecule has 1 fully saturated rings. The van der Waals surface area contributed by atoms with Gasteiger partial charge in [0.2, 0.25) is 0 Å². The summed E-state index contributed by atoms with van der Waals surface area (Å²) in [5, 5.41) is 4.08. The van der Waals surface area contributed by atoms with Crippen LogP contribution >= 0.6 is 11.6 Å². The average Bonchev–Trinajstić information content (AvgIpc) is 3.25. The van der Waals surface area contributed by atoms with Crippen LogP contribution in [0.25, 0.3) is 5.69 Å². The minimum Gasteiger partial charge on any atom is -0.338 e. The molecule has 2 aromatic carbocycles. The third-order valence-corrected chi connectivity index (χ3v) is 5.77. The molecule has 0 bridgehead atoms. The number of aromatic nitrogens is 2. The van der Waals surface area contributed by atoms with Gasteiger partial charge in [-0.15, -0.1) is 0 Å². The molecule has 1 saturated heterocycles. The normalized spacial score (nSPS) is 15.1. The maximum Gasteiger partial charge on any atom is 0.434 e. The molecule has 1 aliphatic heterocycles. The number of nitrogens with zero attached hydrogens (tertiary/aromatic N) is 3. The number of ketones is 1. The zero-order valence-corrected chi connectivity index (χ0v) is 17.6. The Bertz CT molecular complexity index is 1140. The summed E-state index contributed by atoms with van der Waals surface area (Å²) in [7, 11) is 0. The molecular weight excluding hydrogens is 443 g/mol. The number of halogens is 4. The van der Waals surface area contributed by atoms with Gasteiger partial charge in [-0.1, -0.05) is 48.0 Å². The maximum absolute atomic E-state index is 13.9. The van der Waals surface area contributed by atoms with Crippen molar-refractivity contribution < 1.29 is 22.8 Å². The molecule has 0 radical (unpaired) electrons. The summed E-state index contributed by atoms with van der Waals surface area (Å²) in [6.45, 7) is 0.392. The fourth-order valence-corrected chi connectivity index (χ4v) is 4.12. The molecule has 3 aromatic rings. The Labute approximate surface area is 187 Å². The predicted octanol–water partition coefficient (Wildman–Crippen LogP) is 5.28. The van der Waals surface area contributed by atoms with Gasteiger partial charge in [0.1, 0.15) is 0 Å². The van der Waals surface area contributed by atoms with Crippen molar-refractivity contribution in [1.82, 2.24) is 14.7 Å². The Balaban J connectivity index is 1.55. The standard InChI is InChI=1S/C23H19ClF3N3O2/c24-17-7-4-8-18(13-17)30-21(23(25,26)27)19(14-28-30)22(32)29-11-9-16(10-12-29)20(31)15-5-2-1-3-6-15/h1-8,13-14,16H,9-12H2. The van der Waals surface area contributed by atoms with E-state index >= 15 is 0 Å². The summed E-state index contributed by atoms with van der Waals surface area (Å²) in [5.41, 5.74) is -0.965. The van der Waals surface area contributed by atoms with Gasteiger partial charge in [0.15, 0.2) is 11.5 Å². The summed E-state index contributed by atoms with van der Waals surface area (Å²) in [6, 6.07) is 14.7. The van der Waals surface area contributed by atoms with Gasteiger partial charge in [0.05, 0.1) is 17.4 Å². The van der Waals surface area contributed by atoms with E-state index in [2.05, 4.69) is 5.10 Å². The molecular formula is C23H19ClF3N3O2. The second kappa shape index (κ2) is 8.78. The molecule has 0 spiro atoms. The second-order valence-electron chi connectivity index (χ2n) is 7.59. The third kappa shape index (κ3) is 4.41. The fourth-order valence-electron chi connectivity index (χ4n) is 3.93. The Hall–Kier alpha value is -3.13. The number of likely N-dealkylation sites (tertiary alicyclic amines) is 1. The van der Waals surface area contributed by atoms with Gasteiger partial charge in [-0.3, -0.25) is 9.59 Å². The number of carbonyl (C=O) groups excluding carboxylic acids is 2. The topological polar surface area (TPSA) is 55.2 Å². The van der Waals surface area contributed by atoms with E-state index in [1.54, 1.807) is 24.3 Å². The number of hydrogen-bond donors (Lipinski definition) is 0. The first kappa shape index (κ1) is 22.1. The minimum absolute atomic E-state index is 0.0116. The van der Waals surface area contributed by atoms with Crippen LogP contribution < -0.4 is 0 Å². The van der Waals surface area contributed by atoms with Crippen molar-refractivity contribution in [1.29, 1.82) is 0 Å². The lowest BCUT2D eigenvalue weighted by Gasteiger charge is -2.31. The van der Waals surface area contributed by atoms with Crippen LogP contribution in [0.3, 0.4) is 0 Å². The van der Waals surface area contributed by atoms with Gasteiger partial charge in [0, 0.05) is 29.6 Å². The van der Waals surface area contributed by atoms with Crippen molar-refractivity contribution in [3.8, 4) is 5.69 Å². The first-order chi connectivity index (χ1) is 15.3. The Kier molecular flexibility index (Phi) is 6.06. The van der Waals surface area contributed by atoms with Crippen molar-refractivity contribution in [2.75, 3.05) is 13.1 Å². The molecule has 166 valence electrons. The van der Waals surface area contributed by atoms with Crippen LogP contribution in [0.4, 0.5) is 13.2 Å². The molecule has 0 saturated carbocycles. The van der Waals surface area contributed by atoms with E-state index in [1.165, 1.54) is 29.2 Å². The highest BCUT2D eigenvalue weighted by Crippen LogP contribution is 2.35. The quantitative estimate of drug-likeness (QED) is 0.497. The molecule has 0 atom stereocenters. The van der Waals surface area contributed by atoms with Crippen LogP contribution in [-0.2, 0) is 6.18 Å². The fraction of sp³-hybridized carbons (Fsp3) is 0.261. The van der Waals surface area contributed by atoms with Crippen LogP contribution in [-0.4, -0.2) is 39.5 Å². The molecule has 0 unspecified atom stereocenters. The summed E-state index contributed by atoms with van der Waals surface area (Å²) in [4.78, 5) is 27.0. The van der Waals surface area contributed by atoms with E-state index < -0.39 is 23.3 Å². The maximum atomic E-state index is 13.9. The number of hydrogen-bond acceptors (Lipinski definition) is 3. The molecule has 1 aromatic heterocycles. The number of amides is 1. The van der Waals surface area contributed by atoms with E-state index in [1.807, 2.05) is 6.07 Å². The van der Waals surface area contributed by atoms with E-state index in [9.17, 15) is 22.8 Å². The van der Waals surface area contributed by atoms with Crippen molar-refractivity contribution >= 4 is 23.3 Å². The first-order valence-corrected chi connectivity index (χ1v) is 10.4. The molecule has 0 aliphatic carbocycles. The van der Waals surface area contributed by atoms with E-state index in [0.717, 1.165) is 6.20 Å². The zero-order chi connectivity index (χ0) is 22.9. The monoisotopic (exact) mass is 461 g/mol. The van der Waals surface area contributed by atoms with Crippen LogP contribution in [0, 0.1) is 5.92 Å². The largest absolute Gasteiger partial charge is 0.434 e. The lowest BCUT2D eigenvalue weighted by atomic mass is 9.88. The highest BCUT2D eigenvalue weighted by molar-refractivity contribution is 6.30. The van der Waals surface area contributed by atoms with Crippen molar-refractivity contribution in [2.45, 2.75) is 19.0 Å². The number of Topliss-reactive ketones (excluding diaryl/α,β-unsaturated/α-hetero) is 1. The lowest BCUT2D eigenvalue weighted by Crippen LogP contribution is -2.40. The predicted molar refractivity (Wildman–Crippen MR) is 113 cm³/mol. The molecule has 1 aliphatic rings. The van der Waals surface area contributed by atoms with Gasteiger partial charge in [-0.05, 0) is 31.0 Å². The molecule has 1 amide bonds. The number of alkyl halides is 3. The van der Waals surface area contributed by atoms with Crippen LogP contribution in [0.1, 0.15) is 39.3 Å². The average molecular weight is 462 g/mol. The van der Waals surface area contributed by atoms with Gasteiger partial charge < -0.3 is 4.90 Å². The number of benzene rings is 2. The third-order valence-electron chi connectivity index (χ3n) is 5.53. The van der Waals surface area contributed by atoms with Crippen molar-refractivity contribution in [3.63, 3.8) is 0 Å². The zero-order valence-electron chi connectivity index (χ0n) is 16.8. The van der Waals surface area contributed by atoms with Crippen LogP contribution in [0.15, 0.2) is 60.8 Å². The van der Waals surface area contributed by atoms with Gasteiger partial charge in [0.25, 0.3) is 5.91 Å². The highest BCUT2D eigenvalue weighted by Gasteiger charge is 2.42. The Morgan fingerprint density at radius 1 is 1.00 bits per heavy atom. The van der Waals surface area contributed by atoms with Crippen molar-refractivity contribution in [2.24, 2.45) is 5.92 Å². The second-order valence-corrected chi connectivity index (χ2v) is 8.03. The Morgan fingerprint density at radius 3 is 2.31 bits per heavy atom. The summed E-state index contributed by atoms with van der Waals surface area (Å²) in [6.07, 6.45) is -3.08. The highest BCUT2D eigenvalue weighted by atomic mass is 35.5. The van der Waals surface area contributed by atoms with E-state index in [-0.39, 0.29) is 35.5 Å². The number of rotatable bonds is 4. The van der Waals surface area contributed by atoms with Crippen LogP contribution in [0.2, 0.25) is 5.02 Å². The van der Waals surface area contributed by atoms with Gasteiger partial charge in [-0.2, -0.15) is 18.3 Å². The van der Waals surface area contributed by atoms with Crippen molar-refractivity contribution in [3.05, 3.63) is 82.6 Å². The Morgan fingerprint density at radius 2 is 1.69 bits per heavy atom. The molecule has 9 heteroatoms. The molecule has 4 rings (SSSR count). The summed E-state index contributed by atoms with van der Waals surface area (Å²) in [5.74, 6) is -1.03. The SMILES string of the molecule is O=C(c1ccccc1)C1CCN(C(=O)c2cnn(-c3cccc(Cl)c3)c2C(F)(F)F)CC1. The van der Waals surface area contributed by atoms with Gasteiger partial charge >= 0.3 is 6.18 Å². The molecule has 2 heterocycles. The summed E-state index contributed by atoms with van der Waals surface area (Å²) < 4.78 is 42.4.